The van der Waals surface area contributed by atoms with E-state index in [2.05, 4.69) is 53.6 Å². The Morgan fingerprint density at radius 3 is 2.48 bits per heavy atom. The number of hydrogen-bond donors (Lipinski definition) is 2. The monoisotopic (exact) mass is 417 g/mol. The molecule has 1 amide bonds. The molecule has 1 heterocycles. The third kappa shape index (κ3) is 5.50. The Hall–Kier alpha value is -2.08. The van der Waals surface area contributed by atoms with Crippen molar-refractivity contribution < 1.29 is 9.53 Å². The van der Waals surface area contributed by atoms with Crippen molar-refractivity contribution in [1.29, 1.82) is 0 Å². The summed E-state index contributed by atoms with van der Waals surface area (Å²) >= 11 is 0. The van der Waals surface area contributed by atoms with Crippen molar-refractivity contribution in [2.24, 2.45) is 0 Å². The van der Waals surface area contributed by atoms with Gasteiger partial charge in [0.25, 0.3) is 0 Å². The first-order chi connectivity index (χ1) is 13.7. The molecule has 1 aliphatic heterocycles. The highest BCUT2D eigenvalue weighted by molar-refractivity contribution is 5.94. The maximum Gasteiger partial charge on any atom is 0.238 e. The molecule has 1 saturated heterocycles. The summed E-state index contributed by atoms with van der Waals surface area (Å²) < 4.78 is 5.55. The minimum Gasteiger partial charge on any atom is -0.496 e. The molecule has 0 spiro atoms. The molecular weight excluding hydrogens is 386 g/mol. The Kier molecular flexibility index (Phi) is 8.96. The van der Waals surface area contributed by atoms with Crippen LogP contribution in [0.15, 0.2) is 42.5 Å². The van der Waals surface area contributed by atoms with E-state index in [4.69, 9.17) is 4.74 Å². The van der Waals surface area contributed by atoms with Crippen LogP contribution in [0.4, 0.5) is 5.69 Å². The molecule has 158 valence electrons. The smallest absolute Gasteiger partial charge is 0.238 e. The van der Waals surface area contributed by atoms with Crippen molar-refractivity contribution in [3.63, 3.8) is 0 Å². The minimum absolute atomic E-state index is 0. The Morgan fingerprint density at radius 2 is 1.83 bits per heavy atom. The van der Waals surface area contributed by atoms with Crippen molar-refractivity contribution in [2.75, 3.05) is 38.6 Å². The van der Waals surface area contributed by atoms with E-state index in [1.807, 2.05) is 18.2 Å². The summed E-state index contributed by atoms with van der Waals surface area (Å²) in [5.41, 5.74) is 4.48. The van der Waals surface area contributed by atoms with Crippen LogP contribution in [0.3, 0.4) is 0 Å². The molecule has 0 radical (unpaired) electrons. The first kappa shape index (κ1) is 23.2. The van der Waals surface area contributed by atoms with Gasteiger partial charge in [0.1, 0.15) is 5.75 Å². The van der Waals surface area contributed by atoms with E-state index >= 15 is 0 Å². The number of ether oxygens (including phenoxy) is 1. The summed E-state index contributed by atoms with van der Waals surface area (Å²) in [5.74, 6) is 0.906. The van der Waals surface area contributed by atoms with Gasteiger partial charge in [0, 0.05) is 30.9 Å². The zero-order valence-electron chi connectivity index (χ0n) is 17.5. The Bertz CT molecular complexity index is 790. The number of nitrogens with zero attached hydrogens (tertiary/aromatic N) is 1. The largest absolute Gasteiger partial charge is 0.496 e. The predicted octanol–water partition coefficient (Wildman–Crippen LogP) is 3.83. The Morgan fingerprint density at radius 1 is 1.14 bits per heavy atom. The van der Waals surface area contributed by atoms with Crippen LogP contribution in [0, 0.1) is 0 Å². The molecule has 29 heavy (non-hydrogen) atoms. The second-order valence-electron chi connectivity index (χ2n) is 7.14. The standard InChI is InChI=1S/C23H31N3O2.ClH/c1-4-17-9-8-10-18(5-2)23(17)25-22(27)16-26-14-13-24-15-20(26)19-11-6-7-12-21(19)28-3;/h6-12,20,24H,4-5,13-16H2,1-3H3,(H,25,27);1H. The lowest BCUT2D eigenvalue weighted by Crippen LogP contribution is -2.48. The molecule has 0 aliphatic carbocycles. The second-order valence-corrected chi connectivity index (χ2v) is 7.14. The zero-order chi connectivity index (χ0) is 19.9. The molecule has 5 nitrogen and oxygen atoms in total. The number of hydrogen-bond acceptors (Lipinski definition) is 4. The zero-order valence-corrected chi connectivity index (χ0v) is 18.3. The molecule has 2 N–H and O–H groups in total. The number of amides is 1. The maximum atomic E-state index is 12.9. The Balaban J connectivity index is 0.00000300. The molecule has 1 unspecified atom stereocenters. The summed E-state index contributed by atoms with van der Waals surface area (Å²) in [5, 5.41) is 6.64. The number of halogens is 1. The van der Waals surface area contributed by atoms with Crippen LogP contribution in [-0.4, -0.2) is 44.1 Å². The van der Waals surface area contributed by atoms with E-state index in [1.54, 1.807) is 7.11 Å². The lowest BCUT2D eigenvalue weighted by Gasteiger charge is -2.36. The van der Waals surface area contributed by atoms with E-state index in [0.717, 1.165) is 49.5 Å². The van der Waals surface area contributed by atoms with Gasteiger partial charge in [0.2, 0.25) is 5.91 Å². The molecule has 0 saturated carbocycles. The first-order valence-corrected chi connectivity index (χ1v) is 10.2. The summed E-state index contributed by atoms with van der Waals surface area (Å²) in [6.45, 7) is 7.12. The number of carbonyl (C=O) groups is 1. The average Bonchev–Trinajstić information content (AvgIpc) is 2.74. The van der Waals surface area contributed by atoms with Crippen molar-refractivity contribution in [2.45, 2.75) is 32.7 Å². The van der Waals surface area contributed by atoms with Gasteiger partial charge in [-0.25, -0.2) is 0 Å². The lowest BCUT2D eigenvalue weighted by molar-refractivity contribution is -0.118. The van der Waals surface area contributed by atoms with Crippen LogP contribution >= 0.6 is 12.4 Å². The number of rotatable bonds is 7. The van der Waals surface area contributed by atoms with Crippen LogP contribution in [0.2, 0.25) is 0 Å². The number of piperazine rings is 1. The molecule has 2 aromatic carbocycles. The fourth-order valence-corrected chi connectivity index (χ4v) is 3.95. The SMILES string of the molecule is CCc1cccc(CC)c1NC(=O)CN1CCNCC1c1ccccc1OC.Cl. The van der Waals surface area contributed by atoms with E-state index in [-0.39, 0.29) is 24.4 Å². The lowest BCUT2D eigenvalue weighted by atomic mass is 10.0. The first-order valence-electron chi connectivity index (χ1n) is 10.2. The third-order valence-electron chi connectivity index (χ3n) is 5.46. The van der Waals surface area contributed by atoms with Crippen molar-refractivity contribution >= 4 is 24.0 Å². The fraction of sp³-hybridized carbons (Fsp3) is 0.435. The summed E-state index contributed by atoms with van der Waals surface area (Å²) in [6, 6.07) is 14.4. The molecule has 3 rings (SSSR count). The molecular formula is C23H32ClN3O2. The van der Waals surface area contributed by atoms with Crippen LogP contribution in [0.1, 0.15) is 36.6 Å². The number of methoxy groups -OCH3 is 1. The van der Waals surface area contributed by atoms with Crippen molar-refractivity contribution in [3.05, 3.63) is 59.2 Å². The highest BCUT2D eigenvalue weighted by Gasteiger charge is 2.27. The number of para-hydroxylation sites is 2. The van der Waals surface area contributed by atoms with Crippen LogP contribution in [0.5, 0.6) is 5.75 Å². The fourth-order valence-electron chi connectivity index (χ4n) is 3.95. The van der Waals surface area contributed by atoms with Crippen LogP contribution in [-0.2, 0) is 17.6 Å². The molecule has 1 fully saturated rings. The molecule has 0 bridgehead atoms. The molecule has 6 heteroatoms. The highest BCUT2D eigenvalue weighted by Crippen LogP contribution is 2.30. The summed E-state index contributed by atoms with van der Waals surface area (Å²) in [4.78, 5) is 15.2. The minimum atomic E-state index is 0. The van der Waals surface area contributed by atoms with E-state index in [9.17, 15) is 4.79 Å². The summed E-state index contributed by atoms with van der Waals surface area (Å²) in [7, 11) is 1.69. The van der Waals surface area contributed by atoms with Gasteiger partial charge in [-0.05, 0) is 30.0 Å². The molecule has 2 aromatic rings. The highest BCUT2D eigenvalue weighted by atomic mass is 35.5. The van der Waals surface area contributed by atoms with Gasteiger partial charge >= 0.3 is 0 Å². The number of anilines is 1. The van der Waals surface area contributed by atoms with Gasteiger partial charge in [-0.15, -0.1) is 12.4 Å². The third-order valence-corrected chi connectivity index (χ3v) is 5.46. The topological polar surface area (TPSA) is 53.6 Å². The quantitative estimate of drug-likeness (QED) is 0.718. The number of benzene rings is 2. The Labute approximate surface area is 180 Å². The second kappa shape index (κ2) is 11.2. The van der Waals surface area contributed by atoms with Gasteiger partial charge in [0.15, 0.2) is 0 Å². The summed E-state index contributed by atoms with van der Waals surface area (Å²) in [6.07, 6.45) is 1.81. The molecule has 1 aliphatic rings. The van der Waals surface area contributed by atoms with Gasteiger partial charge in [0.05, 0.1) is 19.7 Å². The predicted molar refractivity (Wildman–Crippen MR) is 121 cm³/mol. The van der Waals surface area contributed by atoms with E-state index in [0.29, 0.717) is 6.54 Å². The van der Waals surface area contributed by atoms with Crippen molar-refractivity contribution in [1.82, 2.24) is 10.2 Å². The van der Waals surface area contributed by atoms with Crippen LogP contribution < -0.4 is 15.4 Å². The van der Waals surface area contributed by atoms with Gasteiger partial charge in [-0.3, -0.25) is 9.69 Å². The number of aryl methyl sites for hydroxylation is 2. The normalized spacial score (nSPS) is 16.7. The number of carbonyl (C=O) groups excluding carboxylic acids is 1. The van der Waals surface area contributed by atoms with Gasteiger partial charge in [-0.2, -0.15) is 0 Å². The molecule has 0 aromatic heterocycles. The molecule has 1 atom stereocenters. The maximum absolute atomic E-state index is 12.9. The van der Waals surface area contributed by atoms with Crippen LogP contribution in [0.25, 0.3) is 0 Å². The number of nitrogens with one attached hydrogen (secondary N) is 2. The van der Waals surface area contributed by atoms with E-state index < -0.39 is 0 Å². The van der Waals surface area contributed by atoms with E-state index in [1.165, 1.54) is 11.1 Å². The average molecular weight is 418 g/mol. The van der Waals surface area contributed by atoms with Gasteiger partial charge in [-0.1, -0.05) is 50.2 Å². The van der Waals surface area contributed by atoms with Gasteiger partial charge < -0.3 is 15.4 Å². The van der Waals surface area contributed by atoms with Crippen molar-refractivity contribution in [3.8, 4) is 5.75 Å².